The summed E-state index contributed by atoms with van der Waals surface area (Å²) in [5.41, 5.74) is 1.65. The van der Waals surface area contributed by atoms with Crippen molar-refractivity contribution in [3.8, 4) is 0 Å². The first-order chi connectivity index (χ1) is 12.0. The molecule has 0 atom stereocenters. The zero-order chi connectivity index (χ0) is 18.2. The summed E-state index contributed by atoms with van der Waals surface area (Å²) in [7, 11) is 0. The molecule has 0 bridgehead atoms. The van der Waals surface area contributed by atoms with Crippen molar-refractivity contribution in [2.45, 2.75) is 57.9 Å². The van der Waals surface area contributed by atoms with Crippen molar-refractivity contribution < 1.29 is 19.1 Å². The summed E-state index contributed by atoms with van der Waals surface area (Å²) in [4.78, 5) is 35.0. The van der Waals surface area contributed by atoms with Crippen LogP contribution in [0, 0.1) is 0 Å². The van der Waals surface area contributed by atoms with Crippen molar-refractivity contribution in [2.75, 3.05) is 6.61 Å². The summed E-state index contributed by atoms with van der Waals surface area (Å²) in [6, 6.07) is 6.70. The van der Waals surface area contributed by atoms with E-state index in [0.717, 1.165) is 0 Å². The first kappa shape index (κ1) is 19.0. The molecule has 1 aliphatic rings. The lowest BCUT2D eigenvalue weighted by atomic mass is 9.84. The molecule has 0 unspecified atom stereocenters. The Kier molecular flexibility index (Phi) is 6.98. The number of rotatable bonds is 5. The molecule has 2 N–H and O–H groups in total. The minimum atomic E-state index is -0.662. The normalized spacial score (nSPS) is 14.8. The Balaban J connectivity index is 1.80. The van der Waals surface area contributed by atoms with E-state index in [4.69, 9.17) is 4.74 Å². The third-order valence-electron chi connectivity index (χ3n) is 4.23. The number of urea groups is 1. The van der Waals surface area contributed by atoms with Gasteiger partial charge in [-0.05, 0) is 50.3 Å². The molecule has 0 radical (unpaired) electrons. The monoisotopic (exact) mass is 346 g/mol. The van der Waals surface area contributed by atoms with Crippen LogP contribution in [0.25, 0.3) is 0 Å². The highest BCUT2D eigenvalue weighted by Crippen LogP contribution is 2.32. The molecule has 1 aromatic rings. The lowest BCUT2D eigenvalue weighted by molar-refractivity contribution is -0.123. The molecule has 3 amide bonds. The van der Waals surface area contributed by atoms with Crippen molar-refractivity contribution in [3.05, 3.63) is 35.4 Å². The number of esters is 1. The van der Waals surface area contributed by atoms with Gasteiger partial charge in [-0.2, -0.15) is 0 Å². The molecule has 1 saturated carbocycles. The number of hydrogen-bond acceptors (Lipinski definition) is 4. The minimum Gasteiger partial charge on any atom is -0.452 e. The van der Waals surface area contributed by atoms with Gasteiger partial charge in [0.2, 0.25) is 0 Å². The molecule has 0 aliphatic heterocycles. The van der Waals surface area contributed by atoms with E-state index >= 15 is 0 Å². The van der Waals surface area contributed by atoms with E-state index < -0.39 is 24.5 Å². The molecule has 0 spiro atoms. The molecular weight excluding hydrogens is 320 g/mol. The number of carbonyl (C=O) groups excluding carboxylic acids is 3. The quantitative estimate of drug-likeness (QED) is 0.802. The highest BCUT2D eigenvalue weighted by molar-refractivity contribution is 5.97. The fourth-order valence-electron chi connectivity index (χ4n) is 3.00. The first-order valence-electron chi connectivity index (χ1n) is 8.83. The van der Waals surface area contributed by atoms with E-state index in [1.165, 1.54) is 37.7 Å². The average Bonchev–Trinajstić information content (AvgIpc) is 2.60. The van der Waals surface area contributed by atoms with Crippen LogP contribution in [0.4, 0.5) is 4.79 Å². The topological polar surface area (TPSA) is 84.5 Å². The SMILES string of the molecule is CC(C)NC(=O)NC(=O)COC(=O)c1ccc(C2CCCCC2)cc1. The van der Waals surface area contributed by atoms with E-state index in [9.17, 15) is 14.4 Å². The molecule has 2 rings (SSSR count). The van der Waals surface area contributed by atoms with Crippen LogP contribution in [0.3, 0.4) is 0 Å². The second kappa shape index (κ2) is 9.20. The largest absolute Gasteiger partial charge is 0.452 e. The van der Waals surface area contributed by atoms with Gasteiger partial charge in [0.25, 0.3) is 5.91 Å². The van der Waals surface area contributed by atoms with Crippen molar-refractivity contribution in [2.24, 2.45) is 0 Å². The molecule has 0 saturated heterocycles. The van der Waals surface area contributed by atoms with Crippen LogP contribution in [0.1, 0.15) is 67.8 Å². The maximum Gasteiger partial charge on any atom is 0.338 e. The molecule has 6 nitrogen and oxygen atoms in total. The van der Waals surface area contributed by atoms with Crippen LogP contribution >= 0.6 is 0 Å². The van der Waals surface area contributed by atoms with Crippen LogP contribution in [-0.2, 0) is 9.53 Å². The highest BCUT2D eigenvalue weighted by atomic mass is 16.5. The maximum absolute atomic E-state index is 12.0. The smallest absolute Gasteiger partial charge is 0.338 e. The van der Waals surface area contributed by atoms with Crippen molar-refractivity contribution in [1.82, 2.24) is 10.6 Å². The van der Waals surface area contributed by atoms with E-state index in [1.54, 1.807) is 26.0 Å². The predicted octanol–water partition coefficient (Wildman–Crippen LogP) is 3.13. The highest BCUT2D eigenvalue weighted by Gasteiger charge is 2.17. The Morgan fingerprint density at radius 3 is 2.32 bits per heavy atom. The van der Waals surface area contributed by atoms with Gasteiger partial charge in [0.1, 0.15) is 0 Å². The van der Waals surface area contributed by atoms with Gasteiger partial charge in [-0.25, -0.2) is 9.59 Å². The van der Waals surface area contributed by atoms with Crippen LogP contribution in [0.2, 0.25) is 0 Å². The number of benzene rings is 1. The van der Waals surface area contributed by atoms with Gasteiger partial charge in [0.05, 0.1) is 5.56 Å². The number of imide groups is 1. The lowest BCUT2D eigenvalue weighted by Gasteiger charge is -2.21. The summed E-state index contributed by atoms with van der Waals surface area (Å²) < 4.78 is 4.95. The van der Waals surface area contributed by atoms with E-state index in [2.05, 4.69) is 10.6 Å². The number of carbonyl (C=O) groups is 3. The molecular formula is C19H26N2O4. The summed E-state index contributed by atoms with van der Waals surface area (Å²) in [6.07, 6.45) is 6.21. The number of hydrogen-bond donors (Lipinski definition) is 2. The Morgan fingerprint density at radius 1 is 1.08 bits per heavy atom. The number of ether oxygens (including phenoxy) is 1. The van der Waals surface area contributed by atoms with E-state index in [0.29, 0.717) is 11.5 Å². The molecule has 1 fully saturated rings. The molecule has 136 valence electrons. The average molecular weight is 346 g/mol. The molecule has 1 aliphatic carbocycles. The summed E-state index contributed by atoms with van der Waals surface area (Å²) in [6.45, 7) is 3.07. The van der Waals surface area contributed by atoms with Crippen LogP contribution < -0.4 is 10.6 Å². The standard InChI is InChI=1S/C19H26N2O4/c1-13(2)20-19(24)21-17(22)12-25-18(23)16-10-8-15(9-11-16)14-6-4-3-5-7-14/h8-11,13-14H,3-7,12H2,1-2H3,(H2,20,21,22,24). The Labute approximate surface area is 148 Å². The molecule has 25 heavy (non-hydrogen) atoms. The number of amides is 3. The minimum absolute atomic E-state index is 0.0852. The van der Waals surface area contributed by atoms with E-state index in [1.807, 2.05) is 12.1 Å². The third kappa shape index (κ3) is 6.21. The Morgan fingerprint density at radius 2 is 1.72 bits per heavy atom. The molecule has 0 aromatic heterocycles. The van der Waals surface area contributed by atoms with Gasteiger partial charge in [-0.15, -0.1) is 0 Å². The maximum atomic E-state index is 12.0. The van der Waals surface area contributed by atoms with Gasteiger partial charge in [-0.1, -0.05) is 31.4 Å². The fraction of sp³-hybridized carbons (Fsp3) is 0.526. The van der Waals surface area contributed by atoms with Crippen molar-refractivity contribution in [3.63, 3.8) is 0 Å². The molecule has 0 heterocycles. The summed E-state index contributed by atoms with van der Waals surface area (Å²) in [5, 5.41) is 4.62. The first-order valence-corrected chi connectivity index (χ1v) is 8.83. The number of nitrogens with one attached hydrogen (secondary N) is 2. The van der Waals surface area contributed by atoms with Gasteiger partial charge >= 0.3 is 12.0 Å². The summed E-state index contributed by atoms with van der Waals surface area (Å²) in [5.74, 6) is -0.663. The lowest BCUT2D eigenvalue weighted by Crippen LogP contribution is -2.44. The molecule has 6 heteroatoms. The predicted molar refractivity (Wildman–Crippen MR) is 94.4 cm³/mol. The summed E-state index contributed by atoms with van der Waals surface area (Å²) >= 11 is 0. The fourth-order valence-corrected chi connectivity index (χ4v) is 3.00. The Bertz CT molecular complexity index is 604. The van der Waals surface area contributed by atoms with E-state index in [-0.39, 0.29) is 6.04 Å². The second-order valence-corrected chi connectivity index (χ2v) is 6.71. The molecule has 1 aromatic carbocycles. The van der Waals surface area contributed by atoms with Gasteiger partial charge in [-0.3, -0.25) is 10.1 Å². The zero-order valence-corrected chi connectivity index (χ0v) is 14.8. The van der Waals surface area contributed by atoms with Crippen molar-refractivity contribution >= 4 is 17.9 Å². The second-order valence-electron chi connectivity index (χ2n) is 6.71. The third-order valence-corrected chi connectivity index (χ3v) is 4.23. The van der Waals surface area contributed by atoms with Gasteiger partial charge in [0.15, 0.2) is 6.61 Å². The van der Waals surface area contributed by atoms with Crippen LogP contribution in [-0.4, -0.2) is 30.6 Å². The van der Waals surface area contributed by atoms with Crippen LogP contribution in [0.15, 0.2) is 24.3 Å². The van der Waals surface area contributed by atoms with Crippen molar-refractivity contribution in [1.29, 1.82) is 0 Å². The zero-order valence-electron chi connectivity index (χ0n) is 14.8. The Hall–Kier alpha value is -2.37. The van der Waals surface area contributed by atoms with Crippen LogP contribution in [0.5, 0.6) is 0 Å². The van der Waals surface area contributed by atoms with Gasteiger partial charge < -0.3 is 10.1 Å². The van der Waals surface area contributed by atoms with Gasteiger partial charge in [0, 0.05) is 6.04 Å².